The van der Waals surface area contributed by atoms with Crippen molar-refractivity contribution >= 4 is 29.9 Å². The summed E-state index contributed by atoms with van der Waals surface area (Å²) in [6.45, 7) is 3.74. The Kier molecular flexibility index (Phi) is 7.19. The minimum absolute atomic E-state index is 0. The Morgan fingerprint density at radius 1 is 1.20 bits per heavy atom. The second-order valence-corrected chi connectivity index (χ2v) is 6.06. The summed E-state index contributed by atoms with van der Waals surface area (Å²) in [6.07, 6.45) is 3.42. The normalized spacial score (nSPS) is 19.0. The van der Waals surface area contributed by atoms with Gasteiger partial charge in [0.05, 0.1) is 18.8 Å². The largest absolute Gasteiger partial charge is 0.383 e. The van der Waals surface area contributed by atoms with Gasteiger partial charge in [0.25, 0.3) is 0 Å². The maximum absolute atomic E-state index is 11.0. The number of hydrogen-bond donors (Lipinski definition) is 3. The third-order valence-electron chi connectivity index (χ3n) is 4.34. The van der Waals surface area contributed by atoms with Gasteiger partial charge in [-0.3, -0.25) is 4.98 Å². The van der Waals surface area contributed by atoms with Crippen molar-refractivity contribution in [3.63, 3.8) is 0 Å². The molecule has 3 N–H and O–H groups in total. The molecule has 0 radical (unpaired) electrons. The van der Waals surface area contributed by atoms with Gasteiger partial charge in [-0.25, -0.2) is 4.99 Å². The summed E-state index contributed by atoms with van der Waals surface area (Å²) < 4.78 is 0. The van der Waals surface area contributed by atoms with Gasteiger partial charge in [-0.1, -0.05) is 30.3 Å². The van der Waals surface area contributed by atoms with Crippen molar-refractivity contribution in [2.75, 3.05) is 13.1 Å². The molecule has 0 bridgehead atoms. The summed E-state index contributed by atoms with van der Waals surface area (Å²) in [5.74, 6) is 0.695. The fraction of sp³-hybridized carbons (Fsp3) is 0.368. The van der Waals surface area contributed by atoms with Crippen molar-refractivity contribution in [2.45, 2.75) is 31.9 Å². The summed E-state index contributed by atoms with van der Waals surface area (Å²) in [5.41, 5.74) is 2.34. The third kappa shape index (κ3) is 4.92. The Morgan fingerprint density at radius 2 is 2.00 bits per heavy atom. The van der Waals surface area contributed by atoms with E-state index in [9.17, 15) is 5.11 Å². The second-order valence-electron chi connectivity index (χ2n) is 6.06. The van der Waals surface area contributed by atoms with Crippen LogP contribution in [0.15, 0.2) is 53.7 Å². The molecule has 0 saturated carbocycles. The molecule has 1 heterocycles. The first-order valence-corrected chi connectivity index (χ1v) is 8.44. The zero-order valence-electron chi connectivity index (χ0n) is 14.4. The highest BCUT2D eigenvalue weighted by atomic mass is 127. The number of rotatable bonds is 5. The van der Waals surface area contributed by atoms with Crippen molar-refractivity contribution in [3.05, 3.63) is 65.5 Å². The first-order valence-electron chi connectivity index (χ1n) is 8.44. The number of aliphatic hydroxyl groups is 1. The molecular weight excluding hydrogens is 427 g/mol. The SMILES string of the molecule is CCNC(=NCc1ccccn1)NCC1(O)CCc2ccccc21.I. The molecule has 1 aliphatic rings. The lowest BCUT2D eigenvalue weighted by Gasteiger charge is -2.25. The maximum Gasteiger partial charge on any atom is 0.191 e. The Morgan fingerprint density at radius 3 is 2.76 bits per heavy atom. The van der Waals surface area contributed by atoms with Gasteiger partial charge in [0, 0.05) is 12.7 Å². The number of aliphatic imine (C=N–C) groups is 1. The molecule has 1 unspecified atom stereocenters. The number of hydrogen-bond acceptors (Lipinski definition) is 3. The number of benzene rings is 1. The van der Waals surface area contributed by atoms with E-state index in [1.54, 1.807) is 6.20 Å². The number of halogens is 1. The Labute approximate surface area is 166 Å². The van der Waals surface area contributed by atoms with Gasteiger partial charge in [-0.05, 0) is 43.0 Å². The van der Waals surface area contributed by atoms with Crippen LogP contribution in [0, 0.1) is 0 Å². The number of aryl methyl sites for hydroxylation is 1. The molecule has 6 heteroatoms. The number of fused-ring (bicyclic) bond motifs is 1. The van der Waals surface area contributed by atoms with Crippen LogP contribution in [-0.4, -0.2) is 29.1 Å². The molecule has 1 aromatic carbocycles. The molecule has 1 atom stereocenters. The predicted octanol–water partition coefficient (Wildman–Crippen LogP) is 2.59. The molecule has 1 aliphatic carbocycles. The highest BCUT2D eigenvalue weighted by Crippen LogP contribution is 2.36. The van der Waals surface area contributed by atoms with Gasteiger partial charge >= 0.3 is 0 Å². The number of guanidine groups is 1. The van der Waals surface area contributed by atoms with Gasteiger partial charge < -0.3 is 15.7 Å². The summed E-state index contributed by atoms with van der Waals surface area (Å²) in [4.78, 5) is 8.83. The zero-order valence-corrected chi connectivity index (χ0v) is 16.7. The first kappa shape index (κ1) is 19.7. The van der Waals surface area contributed by atoms with Crippen LogP contribution in [0.2, 0.25) is 0 Å². The van der Waals surface area contributed by atoms with Crippen LogP contribution >= 0.6 is 24.0 Å². The molecule has 1 aromatic heterocycles. The van der Waals surface area contributed by atoms with E-state index in [4.69, 9.17) is 0 Å². The minimum Gasteiger partial charge on any atom is -0.383 e. The van der Waals surface area contributed by atoms with Crippen LogP contribution in [-0.2, 0) is 18.6 Å². The van der Waals surface area contributed by atoms with Crippen LogP contribution < -0.4 is 10.6 Å². The minimum atomic E-state index is -0.836. The van der Waals surface area contributed by atoms with Crippen molar-refractivity contribution in [1.82, 2.24) is 15.6 Å². The third-order valence-corrected chi connectivity index (χ3v) is 4.34. The lowest BCUT2D eigenvalue weighted by atomic mass is 9.96. The van der Waals surface area contributed by atoms with Crippen LogP contribution in [0.5, 0.6) is 0 Å². The Hall–Kier alpha value is -1.67. The quantitative estimate of drug-likeness (QED) is 0.371. The second kappa shape index (κ2) is 9.15. The lowest BCUT2D eigenvalue weighted by Crippen LogP contribution is -2.45. The molecule has 2 aromatic rings. The zero-order chi connectivity index (χ0) is 16.8. The average Bonchev–Trinajstić information content (AvgIpc) is 2.96. The Balaban J connectivity index is 0.00000225. The number of nitrogens with zero attached hydrogens (tertiary/aromatic N) is 2. The van der Waals surface area contributed by atoms with Crippen molar-refractivity contribution in [2.24, 2.45) is 4.99 Å². The van der Waals surface area contributed by atoms with Crippen LogP contribution in [0.1, 0.15) is 30.2 Å². The van der Waals surface area contributed by atoms with Gasteiger partial charge in [-0.2, -0.15) is 0 Å². The van der Waals surface area contributed by atoms with Crippen molar-refractivity contribution < 1.29 is 5.11 Å². The monoisotopic (exact) mass is 452 g/mol. The molecule has 0 fully saturated rings. The number of aromatic nitrogens is 1. The smallest absolute Gasteiger partial charge is 0.191 e. The molecule has 25 heavy (non-hydrogen) atoms. The maximum atomic E-state index is 11.0. The summed E-state index contributed by atoms with van der Waals surface area (Å²) in [6, 6.07) is 13.9. The van der Waals surface area contributed by atoms with Crippen LogP contribution in [0.25, 0.3) is 0 Å². The number of nitrogens with one attached hydrogen (secondary N) is 2. The topological polar surface area (TPSA) is 69.5 Å². The van der Waals surface area contributed by atoms with E-state index in [0.29, 0.717) is 19.0 Å². The highest BCUT2D eigenvalue weighted by Gasteiger charge is 2.36. The van der Waals surface area contributed by atoms with E-state index >= 15 is 0 Å². The van der Waals surface area contributed by atoms with Gasteiger partial charge in [0.15, 0.2) is 5.96 Å². The van der Waals surface area contributed by atoms with E-state index in [1.807, 2.05) is 43.3 Å². The van der Waals surface area contributed by atoms with Crippen molar-refractivity contribution in [1.29, 1.82) is 0 Å². The molecule has 0 amide bonds. The Bertz CT molecular complexity index is 708. The molecule has 0 aliphatic heterocycles. The van der Waals surface area contributed by atoms with Crippen LogP contribution in [0.4, 0.5) is 0 Å². The fourth-order valence-corrected chi connectivity index (χ4v) is 3.08. The van der Waals surface area contributed by atoms with E-state index in [2.05, 4.69) is 26.7 Å². The van der Waals surface area contributed by atoms with E-state index in [1.165, 1.54) is 5.56 Å². The van der Waals surface area contributed by atoms with Gasteiger partial charge in [0.2, 0.25) is 0 Å². The summed E-state index contributed by atoms with van der Waals surface area (Å²) >= 11 is 0. The summed E-state index contributed by atoms with van der Waals surface area (Å²) in [5, 5.41) is 17.5. The van der Waals surface area contributed by atoms with Crippen LogP contribution in [0.3, 0.4) is 0 Å². The standard InChI is InChI=1S/C19H24N4O.HI/c1-2-20-18(22-13-16-8-5-6-12-21-16)23-14-19(24)11-10-15-7-3-4-9-17(15)19;/h3-9,12,24H,2,10-11,13-14H2,1H3,(H2,20,22,23);1H. The fourth-order valence-electron chi connectivity index (χ4n) is 3.08. The van der Waals surface area contributed by atoms with E-state index in [0.717, 1.165) is 30.6 Å². The predicted molar refractivity (Wildman–Crippen MR) is 111 cm³/mol. The molecular formula is C19H25IN4O. The van der Waals surface area contributed by atoms with Crippen molar-refractivity contribution in [3.8, 4) is 0 Å². The molecule has 5 nitrogen and oxygen atoms in total. The molecule has 0 saturated heterocycles. The highest BCUT2D eigenvalue weighted by molar-refractivity contribution is 14.0. The number of pyridine rings is 1. The van der Waals surface area contributed by atoms with Gasteiger partial charge in [0.1, 0.15) is 5.60 Å². The molecule has 134 valence electrons. The molecule has 3 rings (SSSR count). The van der Waals surface area contributed by atoms with E-state index < -0.39 is 5.60 Å². The lowest BCUT2D eigenvalue weighted by molar-refractivity contribution is 0.0432. The molecule has 0 spiro atoms. The average molecular weight is 452 g/mol. The van der Waals surface area contributed by atoms with E-state index in [-0.39, 0.29) is 24.0 Å². The summed E-state index contributed by atoms with van der Waals surface area (Å²) in [7, 11) is 0. The van der Waals surface area contributed by atoms with Gasteiger partial charge in [-0.15, -0.1) is 24.0 Å². The first-order chi connectivity index (χ1) is 11.7.